The molecule has 0 aliphatic heterocycles. The fraction of sp³-hybridized carbons (Fsp3) is 0.167. The van der Waals surface area contributed by atoms with Crippen LogP contribution in [0.3, 0.4) is 0 Å². The Morgan fingerprint density at radius 1 is 1.19 bits per heavy atom. The largest absolute Gasteiger partial charge is 0.296 e. The molecule has 0 radical (unpaired) electrons. The van der Waals surface area contributed by atoms with Crippen molar-refractivity contribution in [2.75, 3.05) is 19.4 Å². The minimum Gasteiger partial charge on any atom is -0.296 e. The van der Waals surface area contributed by atoms with Crippen molar-refractivity contribution in [2.45, 2.75) is 15.0 Å². The van der Waals surface area contributed by atoms with Gasteiger partial charge in [0.05, 0.1) is 9.82 Å². The van der Waals surface area contributed by atoms with Gasteiger partial charge in [-0.05, 0) is 29.8 Å². The molecule has 13 heteroatoms. The number of thioether (sulfide) groups is 1. The molecule has 31 heavy (non-hydrogen) atoms. The van der Waals surface area contributed by atoms with Gasteiger partial charge in [0.25, 0.3) is 11.6 Å². The first-order valence-electron chi connectivity index (χ1n) is 8.70. The van der Waals surface area contributed by atoms with E-state index in [4.69, 9.17) is 0 Å². The summed E-state index contributed by atoms with van der Waals surface area (Å²) in [5.41, 5.74) is 1.07. The Balaban J connectivity index is 1.61. The Hall–Kier alpha value is -2.87. The second kappa shape index (κ2) is 9.51. The Kier molecular flexibility index (Phi) is 7.00. The van der Waals surface area contributed by atoms with Gasteiger partial charge in [-0.2, -0.15) is 0 Å². The smallest absolute Gasteiger partial charge is 0.269 e. The van der Waals surface area contributed by atoms with Crippen molar-refractivity contribution >= 4 is 49.8 Å². The number of hydrogen-bond acceptors (Lipinski definition) is 9. The Labute approximate surface area is 186 Å². The minimum absolute atomic E-state index is 0.0210. The summed E-state index contributed by atoms with van der Waals surface area (Å²) in [7, 11) is -0.709. The van der Waals surface area contributed by atoms with Crippen LogP contribution in [0.5, 0.6) is 0 Å². The summed E-state index contributed by atoms with van der Waals surface area (Å²) in [6.07, 6.45) is 0. The Morgan fingerprint density at radius 2 is 1.90 bits per heavy atom. The average Bonchev–Trinajstić information content (AvgIpc) is 3.19. The van der Waals surface area contributed by atoms with Crippen LogP contribution in [0, 0.1) is 10.1 Å². The van der Waals surface area contributed by atoms with E-state index in [-0.39, 0.29) is 21.3 Å². The van der Waals surface area contributed by atoms with Crippen molar-refractivity contribution in [3.8, 4) is 0 Å². The molecule has 3 rings (SSSR count). The number of nitro groups is 1. The number of benzene rings is 2. The zero-order valence-electron chi connectivity index (χ0n) is 16.4. The fourth-order valence-electron chi connectivity index (χ4n) is 2.38. The lowest BCUT2D eigenvalue weighted by Gasteiger charge is -2.11. The van der Waals surface area contributed by atoms with E-state index in [2.05, 4.69) is 15.5 Å². The van der Waals surface area contributed by atoms with E-state index < -0.39 is 20.9 Å². The molecule has 10 nitrogen and oxygen atoms in total. The lowest BCUT2D eigenvalue weighted by molar-refractivity contribution is -0.384. The molecule has 0 saturated heterocycles. The van der Waals surface area contributed by atoms with Gasteiger partial charge in [-0.1, -0.05) is 35.2 Å². The van der Waals surface area contributed by atoms with Gasteiger partial charge in [-0.15, -0.1) is 10.2 Å². The van der Waals surface area contributed by atoms with Crippen LogP contribution in [0.25, 0.3) is 0 Å². The summed E-state index contributed by atoms with van der Waals surface area (Å²) < 4.78 is 25.9. The summed E-state index contributed by atoms with van der Waals surface area (Å²) in [6, 6.07) is 11.9. The van der Waals surface area contributed by atoms with Gasteiger partial charge in [0.15, 0.2) is 4.34 Å². The molecule has 3 aromatic rings. The SMILES string of the molecule is CN(C)S(=O)(=O)c1ccc(C(=O)Nc2nnc(SCc3cccc([N+](=O)[O-])c3)s2)cc1. The van der Waals surface area contributed by atoms with Crippen LogP contribution in [0.4, 0.5) is 10.8 Å². The monoisotopic (exact) mass is 479 g/mol. The van der Waals surface area contributed by atoms with Crippen LogP contribution >= 0.6 is 23.1 Å². The number of nitro benzene ring substituents is 1. The average molecular weight is 480 g/mol. The van der Waals surface area contributed by atoms with Crippen LogP contribution in [0.1, 0.15) is 15.9 Å². The number of amides is 1. The normalized spacial score (nSPS) is 11.5. The molecular formula is C18H17N5O5S3. The summed E-state index contributed by atoms with van der Waals surface area (Å²) in [6.45, 7) is 0. The summed E-state index contributed by atoms with van der Waals surface area (Å²) in [5.74, 6) is 0.0201. The first kappa shape index (κ1) is 22.8. The van der Waals surface area contributed by atoms with Gasteiger partial charge >= 0.3 is 0 Å². The quantitative estimate of drug-likeness (QED) is 0.225. The van der Waals surface area contributed by atoms with Crippen LogP contribution in [0.15, 0.2) is 57.8 Å². The number of aromatic nitrogens is 2. The second-order valence-electron chi connectivity index (χ2n) is 6.35. The van der Waals surface area contributed by atoms with E-state index in [1.165, 1.54) is 73.6 Å². The van der Waals surface area contributed by atoms with E-state index in [9.17, 15) is 23.3 Å². The van der Waals surface area contributed by atoms with Crippen molar-refractivity contribution in [1.82, 2.24) is 14.5 Å². The van der Waals surface area contributed by atoms with Gasteiger partial charge in [-0.25, -0.2) is 12.7 Å². The molecule has 0 aliphatic rings. The predicted octanol–water partition coefficient (Wildman–Crippen LogP) is 3.24. The number of nitrogens with zero attached hydrogens (tertiary/aromatic N) is 4. The zero-order valence-corrected chi connectivity index (χ0v) is 18.8. The van der Waals surface area contributed by atoms with Crippen LogP contribution in [-0.4, -0.2) is 47.8 Å². The number of nitrogens with one attached hydrogen (secondary N) is 1. The molecule has 0 atom stereocenters. The maximum Gasteiger partial charge on any atom is 0.269 e. The van der Waals surface area contributed by atoms with E-state index in [0.29, 0.717) is 10.1 Å². The van der Waals surface area contributed by atoms with Crippen molar-refractivity contribution in [3.63, 3.8) is 0 Å². The highest BCUT2D eigenvalue weighted by molar-refractivity contribution is 8.00. The summed E-state index contributed by atoms with van der Waals surface area (Å²) in [4.78, 5) is 22.9. The molecule has 2 aromatic carbocycles. The van der Waals surface area contributed by atoms with Crippen molar-refractivity contribution < 1.29 is 18.1 Å². The van der Waals surface area contributed by atoms with Crippen molar-refractivity contribution in [2.24, 2.45) is 0 Å². The van der Waals surface area contributed by atoms with Gasteiger partial charge in [0, 0.05) is 37.5 Å². The van der Waals surface area contributed by atoms with Crippen LogP contribution in [0.2, 0.25) is 0 Å². The highest BCUT2D eigenvalue weighted by Gasteiger charge is 2.18. The molecule has 0 saturated carbocycles. The number of sulfonamides is 1. The number of hydrogen-bond donors (Lipinski definition) is 1. The Morgan fingerprint density at radius 3 is 2.55 bits per heavy atom. The molecule has 0 spiro atoms. The predicted molar refractivity (Wildman–Crippen MR) is 118 cm³/mol. The Bertz CT molecular complexity index is 1210. The van der Waals surface area contributed by atoms with E-state index >= 15 is 0 Å². The van der Waals surface area contributed by atoms with Crippen LogP contribution < -0.4 is 5.32 Å². The lowest BCUT2D eigenvalue weighted by atomic mass is 10.2. The molecule has 1 N–H and O–H groups in total. The third kappa shape index (κ3) is 5.64. The number of rotatable bonds is 8. The minimum atomic E-state index is -3.57. The van der Waals surface area contributed by atoms with Gasteiger partial charge < -0.3 is 0 Å². The van der Waals surface area contributed by atoms with E-state index in [1.807, 2.05) is 0 Å². The maximum atomic E-state index is 12.4. The topological polar surface area (TPSA) is 135 Å². The van der Waals surface area contributed by atoms with Crippen LogP contribution in [-0.2, 0) is 15.8 Å². The molecule has 0 bridgehead atoms. The van der Waals surface area contributed by atoms with E-state index in [1.54, 1.807) is 12.1 Å². The molecular weight excluding hydrogens is 462 g/mol. The standard InChI is InChI=1S/C18H17N5O5S3/c1-22(2)31(27,28)15-8-6-13(7-9-15)16(24)19-17-20-21-18(30-17)29-11-12-4-3-5-14(10-12)23(25)26/h3-10H,11H2,1-2H3,(H,19,20,24). The maximum absolute atomic E-state index is 12.4. The number of carbonyl (C=O) groups excluding carboxylic acids is 1. The summed E-state index contributed by atoms with van der Waals surface area (Å²) in [5, 5.41) is 21.7. The summed E-state index contributed by atoms with van der Waals surface area (Å²) >= 11 is 2.51. The lowest BCUT2D eigenvalue weighted by Crippen LogP contribution is -2.22. The third-order valence-corrected chi connectivity index (χ3v) is 7.88. The fourth-order valence-corrected chi connectivity index (χ4v) is 4.97. The second-order valence-corrected chi connectivity index (χ2v) is 10.7. The molecule has 0 aliphatic carbocycles. The molecule has 162 valence electrons. The number of anilines is 1. The highest BCUT2D eigenvalue weighted by atomic mass is 32.2. The third-order valence-electron chi connectivity index (χ3n) is 4.01. The molecule has 0 unspecified atom stereocenters. The number of non-ortho nitro benzene ring substituents is 1. The van der Waals surface area contributed by atoms with Crippen molar-refractivity contribution in [3.05, 3.63) is 69.8 Å². The number of carbonyl (C=O) groups is 1. The van der Waals surface area contributed by atoms with Gasteiger partial charge in [-0.3, -0.25) is 20.2 Å². The van der Waals surface area contributed by atoms with E-state index in [0.717, 1.165) is 9.87 Å². The highest BCUT2D eigenvalue weighted by Crippen LogP contribution is 2.29. The zero-order chi connectivity index (χ0) is 22.6. The molecule has 1 amide bonds. The molecule has 1 heterocycles. The van der Waals surface area contributed by atoms with Gasteiger partial charge in [0.2, 0.25) is 15.2 Å². The first-order chi connectivity index (χ1) is 14.7. The first-order valence-corrected chi connectivity index (χ1v) is 11.9. The molecule has 0 fully saturated rings. The molecule has 1 aromatic heterocycles. The van der Waals surface area contributed by atoms with Crippen molar-refractivity contribution in [1.29, 1.82) is 0 Å². The van der Waals surface area contributed by atoms with Gasteiger partial charge in [0.1, 0.15) is 0 Å².